The van der Waals surface area contributed by atoms with Crippen molar-refractivity contribution in [3.8, 4) is 5.75 Å². The maximum atomic E-state index is 13.5. The number of nitrogens with zero attached hydrogens (tertiary/aromatic N) is 2. The molecule has 4 atom stereocenters. The van der Waals surface area contributed by atoms with Crippen molar-refractivity contribution < 1.29 is 19.4 Å². The van der Waals surface area contributed by atoms with Crippen LogP contribution in [0.15, 0.2) is 35.6 Å². The summed E-state index contributed by atoms with van der Waals surface area (Å²) in [7, 11) is 3.91. The fourth-order valence-electron chi connectivity index (χ4n) is 4.70. The molecule has 4 rings (SSSR count). The van der Waals surface area contributed by atoms with Crippen LogP contribution in [0.25, 0.3) is 0 Å². The zero-order valence-electron chi connectivity index (χ0n) is 16.7. The minimum absolute atomic E-state index is 0.0480. The number of likely N-dealkylation sites (N-methyl/N-ethyl adjacent to an activating group) is 1. The number of Topliss-reactive ketones (excluding diaryl/α,β-unsaturated/α-hetero) is 1. The van der Waals surface area contributed by atoms with E-state index in [4.69, 9.17) is 4.74 Å². The van der Waals surface area contributed by atoms with Crippen LogP contribution >= 0.6 is 0 Å². The van der Waals surface area contributed by atoms with E-state index < -0.39 is 6.04 Å². The van der Waals surface area contributed by atoms with Crippen molar-refractivity contribution in [2.24, 2.45) is 11.8 Å². The van der Waals surface area contributed by atoms with Crippen LogP contribution in [0.5, 0.6) is 5.75 Å². The first kappa shape index (κ1) is 19.0. The Labute approximate surface area is 165 Å². The summed E-state index contributed by atoms with van der Waals surface area (Å²) in [5.41, 5.74) is 1.22. The number of rotatable bonds is 4. The number of hydrogen-bond donors (Lipinski definition) is 1. The molecule has 0 bridgehead atoms. The molecular formula is C22H28N2O4. The van der Waals surface area contributed by atoms with E-state index in [-0.39, 0.29) is 35.2 Å². The SMILES string of the molecule is CC1CCC2OC3=C(C(=O)C2C1)C(c1cccc(O)c1)N(CCN(C)C)C3=O. The van der Waals surface area contributed by atoms with Gasteiger partial charge in [0, 0.05) is 13.1 Å². The minimum Gasteiger partial charge on any atom is -0.508 e. The molecule has 1 aliphatic carbocycles. The Hall–Kier alpha value is -2.34. The standard InChI is InChI=1S/C22H28N2O4/c1-13-7-8-17-16(11-13)20(26)18-19(14-5-4-6-15(25)12-14)24(10-9-23(2)3)22(27)21(18)28-17/h4-6,12-13,16-17,19,25H,7-11H2,1-3H3. The third-order valence-corrected chi connectivity index (χ3v) is 6.18. The molecule has 1 N–H and O–H groups in total. The van der Waals surface area contributed by atoms with Crippen LogP contribution in [-0.2, 0) is 14.3 Å². The summed E-state index contributed by atoms with van der Waals surface area (Å²) in [5.74, 6) is 0.497. The molecule has 3 aliphatic rings. The molecule has 1 amide bonds. The van der Waals surface area contributed by atoms with E-state index in [1.54, 1.807) is 23.1 Å². The Bertz CT molecular complexity index is 832. The lowest BCUT2D eigenvalue weighted by molar-refractivity contribution is -0.136. The number of benzene rings is 1. The Morgan fingerprint density at radius 3 is 2.75 bits per heavy atom. The third-order valence-electron chi connectivity index (χ3n) is 6.18. The number of carbonyl (C=O) groups is 2. The molecule has 6 heteroatoms. The molecule has 28 heavy (non-hydrogen) atoms. The quantitative estimate of drug-likeness (QED) is 0.864. The summed E-state index contributed by atoms with van der Waals surface area (Å²) >= 11 is 0. The van der Waals surface area contributed by atoms with Crippen molar-refractivity contribution in [3.63, 3.8) is 0 Å². The summed E-state index contributed by atoms with van der Waals surface area (Å²) in [6.07, 6.45) is 2.45. The summed E-state index contributed by atoms with van der Waals surface area (Å²) in [4.78, 5) is 30.4. The van der Waals surface area contributed by atoms with E-state index in [2.05, 4.69) is 6.92 Å². The number of ether oxygens (including phenoxy) is 1. The number of hydrogen-bond acceptors (Lipinski definition) is 5. The number of aromatic hydroxyl groups is 1. The molecule has 150 valence electrons. The lowest BCUT2D eigenvalue weighted by atomic mass is 9.74. The average Bonchev–Trinajstić information content (AvgIpc) is 2.93. The van der Waals surface area contributed by atoms with Gasteiger partial charge >= 0.3 is 0 Å². The maximum absolute atomic E-state index is 13.5. The highest BCUT2D eigenvalue weighted by atomic mass is 16.5. The molecule has 1 aromatic rings. The first-order chi connectivity index (χ1) is 13.4. The average molecular weight is 384 g/mol. The van der Waals surface area contributed by atoms with E-state index in [1.807, 2.05) is 25.1 Å². The fourth-order valence-corrected chi connectivity index (χ4v) is 4.70. The highest BCUT2D eigenvalue weighted by Gasteiger charge is 2.52. The number of ketones is 1. The van der Waals surface area contributed by atoms with Crippen LogP contribution in [0.4, 0.5) is 0 Å². The Kier molecular flexibility index (Phi) is 4.91. The molecule has 1 fully saturated rings. The highest BCUT2D eigenvalue weighted by molar-refractivity contribution is 6.11. The highest BCUT2D eigenvalue weighted by Crippen LogP contribution is 2.47. The molecule has 0 aromatic heterocycles. The third kappa shape index (κ3) is 3.20. The molecule has 6 nitrogen and oxygen atoms in total. The molecule has 0 spiro atoms. The summed E-state index contributed by atoms with van der Waals surface area (Å²) in [6.45, 7) is 3.34. The maximum Gasteiger partial charge on any atom is 0.290 e. The second kappa shape index (κ2) is 7.24. The Morgan fingerprint density at radius 2 is 2.04 bits per heavy atom. The van der Waals surface area contributed by atoms with Crippen LogP contribution in [-0.4, -0.2) is 59.9 Å². The number of fused-ring (bicyclic) bond motifs is 1. The van der Waals surface area contributed by atoms with Gasteiger partial charge in [0.25, 0.3) is 5.91 Å². The number of amides is 1. The molecule has 2 aliphatic heterocycles. The summed E-state index contributed by atoms with van der Waals surface area (Å²) < 4.78 is 6.16. The first-order valence-electron chi connectivity index (χ1n) is 10.1. The van der Waals surface area contributed by atoms with Crippen LogP contribution in [0.2, 0.25) is 0 Å². The van der Waals surface area contributed by atoms with Crippen molar-refractivity contribution in [3.05, 3.63) is 41.2 Å². The van der Waals surface area contributed by atoms with Crippen molar-refractivity contribution in [1.29, 1.82) is 0 Å². The summed E-state index contributed by atoms with van der Waals surface area (Å²) in [6, 6.07) is 6.34. The second-order valence-corrected chi connectivity index (χ2v) is 8.59. The van der Waals surface area contributed by atoms with Crippen molar-refractivity contribution >= 4 is 11.7 Å². The normalized spacial score (nSPS) is 29.8. The zero-order chi connectivity index (χ0) is 20.0. The van der Waals surface area contributed by atoms with Crippen molar-refractivity contribution in [1.82, 2.24) is 9.80 Å². The molecule has 2 heterocycles. The van der Waals surface area contributed by atoms with E-state index >= 15 is 0 Å². The van der Waals surface area contributed by atoms with Gasteiger partial charge in [0.2, 0.25) is 0 Å². The molecule has 0 radical (unpaired) electrons. The number of phenolic OH excluding ortho intramolecular Hbond substituents is 1. The van der Waals surface area contributed by atoms with Gasteiger partial charge in [-0.05, 0) is 57.0 Å². The van der Waals surface area contributed by atoms with Gasteiger partial charge in [0.15, 0.2) is 11.5 Å². The smallest absolute Gasteiger partial charge is 0.290 e. The van der Waals surface area contributed by atoms with Crippen LogP contribution < -0.4 is 0 Å². The van der Waals surface area contributed by atoms with Gasteiger partial charge in [-0.1, -0.05) is 19.1 Å². The van der Waals surface area contributed by atoms with E-state index in [0.717, 1.165) is 24.8 Å². The lowest BCUT2D eigenvalue weighted by Gasteiger charge is -2.37. The predicted molar refractivity (Wildman–Crippen MR) is 105 cm³/mol. The Balaban J connectivity index is 1.75. The summed E-state index contributed by atoms with van der Waals surface area (Å²) in [5, 5.41) is 9.98. The second-order valence-electron chi connectivity index (χ2n) is 8.59. The van der Waals surface area contributed by atoms with Gasteiger partial charge < -0.3 is 19.6 Å². The van der Waals surface area contributed by atoms with Gasteiger partial charge in [-0.2, -0.15) is 0 Å². The molecule has 1 saturated carbocycles. The van der Waals surface area contributed by atoms with E-state index in [1.165, 1.54) is 0 Å². The largest absolute Gasteiger partial charge is 0.508 e. The van der Waals surface area contributed by atoms with Gasteiger partial charge in [-0.15, -0.1) is 0 Å². The first-order valence-corrected chi connectivity index (χ1v) is 10.1. The Morgan fingerprint density at radius 1 is 1.25 bits per heavy atom. The molecule has 0 saturated heterocycles. The lowest BCUT2D eigenvalue weighted by Crippen LogP contribution is -2.41. The van der Waals surface area contributed by atoms with Gasteiger partial charge in [-0.25, -0.2) is 0 Å². The van der Waals surface area contributed by atoms with Crippen LogP contribution in [0, 0.1) is 11.8 Å². The van der Waals surface area contributed by atoms with Crippen LogP contribution in [0.3, 0.4) is 0 Å². The minimum atomic E-state index is -0.500. The monoisotopic (exact) mass is 384 g/mol. The topological polar surface area (TPSA) is 70.1 Å². The van der Waals surface area contributed by atoms with E-state index in [9.17, 15) is 14.7 Å². The van der Waals surface area contributed by atoms with E-state index in [0.29, 0.717) is 24.6 Å². The fraction of sp³-hybridized carbons (Fsp3) is 0.545. The van der Waals surface area contributed by atoms with Gasteiger partial charge in [-0.3, -0.25) is 9.59 Å². The zero-order valence-corrected chi connectivity index (χ0v) is 16.7. The number of phenols is 1. The van der Waals surface area contributed by atoms with Crippen molar-refractivity contribution in [2.75, 3.05) is 27.2 Å². The molecule has 1 aromatic carbocycles. The molecule has 4 unspecified atom stereocenters. The number of carbonyl (C=O) groups excluding carboxylic acids is 2. The van der Waals surface area contributed by atoms with Crippen molar-refractivity contribution in [2.45, 2.75) is 38.3 Å². The predicted octanol–water partition coefficient (Wildman–Crippen LogP) is 2.50. The molecular weight excluding hydrogens is 356 g/mol. The van der Waals surface area contributed by atoms with Gasteiger partial charge in [0.05, 0.1) is 17.5 Å². The van der Waals surface area contributed by atoms with Gasteiger partial charge in [0.1, 0.15) is 11.9 Å². The van der Waals surface area contributed by atoms with Crippen LogP contribution in [0.1, 0.15) is 37.8 Å².